The molecule has 1 fully saturated rings. The number of nitrogens with zero attached hydrogens (tertiary/aromatic N) is 1. The van der Waals surface area contributed by atoms with E-state index in [1.807, 2.05) is 37.3 Å². The van der Waals surface area contributed by atoms with E-state index in [9.17, 15) is 4.79 Å². The van der Waals surface area contributed by atoms with Crippen molar-refractivity contribution >= 4 is 12.2 Å². The second-order valence-electron chi connectivity index (χ2n) is 4.63. The number of hydrogen-bond acceptors (Lipinski definition) is 3. The van der Waals surface area contributed by atoms with Crippen LogP contribution in [0.1, 0.15) is 38.2 Å². The molecule has 0 aromatic heterocycles. The maximum Gasteiger partial charge on any atom is 0.333 e. The largest absolute Gasteiger partial charge is 0.464 e. The summed E-state index contributed by atoms with van der Waals surface area (Å²) in [6, 6.07) is 9.86. The van der Waals surface area contributed by atoms with Crippen LogP contribution in [-0.2, 0) is 9.53 Å². The first-order chi connectivity index (χ1) is 8.77. The van der Waals surface area contributed by atoms with Crippen molar-refractivity contribution in [2.45, 2.75) is 38.1 Å². The van der Waals surface area contributed by atoms with Crippen LogP contribution in [0.15, 0.2) is 35.3 Å². The highest BCUT2D eigenvalue weighted by molar-refractivity contribution is 5.87. The van der Waals surface area contributed by atoms with Gasteiger partial charge >= 0.3 is 5.97 Å². The number of hydrogen-bond donors (Lipinski definition) is 0. The molecular formula is C15H19NO2. The summed E-state index contributed by atoms with van der Waals surface area (Å²) in [6.07, 6.45) is 5.49. The van der Waals surface area contributed by atoms with Gasteiger partial charge in [0.15, 0.2) is 5.54 Å². The van der Waals surface area contributed by atoms with Crippen LogP contribution in [0.4, 0.5) is 0 Å². The monoisotopic (exact) mass is 245 g/mol. The molecule has 1 saturated carbocycles. The Morgan fingerprint density at radius 3 is 2.61 bits per heavy atom. The summed E-state index contributed by atoms with van der Waals surface area (Å²) >= 11 is 0. The van der Waals surface area contributed by atoms with Crippen LogP contribution in [0.2, 0.25) is 0 Å². The van der Waals surface area contributed by atoms with E-state index in [1.165, 1.54) is 0 Å². The molecule has 18 heavy (non-hydrogen) atoms. The van der Waals surface area contributed by atoms with Gasteiger partial charge in [-0.2, -0.15) is 0 Å². The number of carbonyl (C=O) groups is 1. The Labute approximate surface area is 108 Å². The van der Waals surface area contributed by atoms with E-state index in [2.05, 4.69) is 4.99 Å². The quantitative estimate of drug-likeness (QED) is 0.604. The highest BCUT2D eigenvalue weighted by Crippen LogP contribution is 2.34. The first kappa shape index (κ1) is 12.8. The molecule has 1 aromatic carbocycles. The van der Waals surface area contributed by atoms with Gasteiger partial charge in [-0.15, -0.1) is 0 Å². The summed E-state index contributed by atoms with van der Waals surface area (Å²) in [5.41, 5.74) is 0.388. The molecule has 96 valence electrons. The molecule has 0 atom stereocenters. The zero-order valence-corrected chi connectivity index (χ0v) is 10.8. The fraction of sp³-hybridized carbons (Fsp3) is 0.467. The lowest BCUT2D eigenvalue weighted by Gasteiger charge is -2.21. The zero-order chi connectivity index (χ0) is 12.8. The minimum atomic E-state index is -0.633. The highest BCUT2D eigenvalue weighted by atomic mass is 16.5. The first-order valence-corrected chi connectivity index (χ1v) is 6.54. The van der Waals surface area contributed by atoms with Crippen molar-refractivity contribution in [2.24, 2.45) is 4.99 Å². The van der Waals surface area contributed by atoms with Crippen LogP contribution in [0.25, 0.3) is 0 Å². The summed E-state index contributed by atoms with van der Waals surface area (Å²) in [6.45, 7) is 2.25. The third-order valence-corrected chi connectivity index (χ3v) is 3.35. The summed E-state index contributed by atoms with van der Waals surface area (Å²) in [5.74, 6) is -0.172. The molecule has 0 unspecified atom stereocenters. The van der Waals surface area contributed by atoms with Gasteiger partial charge in [0.05, 0.1) is 6.61 Å². The molecule has 2 rings (SSSR count). The Kier molecular flexibility index (Phi) is 4.13. The third kappa shape index (κ3) is 2.78. The van der Waals surface area contributed by atoms with Gasteiger partial charge in [-0.05, 0) is 25.3 Å². The standard InChI is InChI=1S/C15H19NO2/c1-2-18-14(17)15(10-6-7-11-15)16-12-13-8-4-3-5-9-13/h3-5,8-9,12H,2,6-7,10-11H2,1H3. The second-order valence-corrected chi connectivity index (χ2v) is 4.63. The van der Waals surface area contributed by atoms with E-state index in [1.54, 1.807) is 6.21 Å². The predicted molar refractivity (Wildman–Crippen MR) is 71.9 cm³/mol. The van der Waals surface area contributed by atoms with Crippen LogP contribution < -0.4 is 0 Å². The van der Waals surface area contributed by atoms with Gasteiger partial charge in [0.1, 0.15) is 0 Å². The van der Waals surface area contributed by atoms with Gasteiger partial charge < -0.3 is 4.74 Å². The molecule has 3 nitrogen and oxygen atoms in total. The van der Waals surface area contributed by atoms with Crippen LogP contribution in [-0.4, -0.2) is 24.3 Å². The van der Waals surface area contributed by atoms with E-state index in [0.717, 1.165) is 31.2 Å². The van der Waals surface area contributed by atoms with Gasteiger partial charge in [0, 0.05) is 6.21 Å². The Balaban J connectivity index is 2.16. The minimum Gasteiger partial charge on any atom is -0.464 e. The summed E-state index contributed by atoms with van der Waals surface area (Å²) < 4.78 is 5.16. The lowest BCUT2D eigenvalue weighted by molar-refractivity contribution is -0.149. The third-order valence-electron chi connectivity index (χ3n) is 3.35. The average Bonchev–Trinajstić information content (AvgIpc) is 2.88. The lowest BCUT2D eigenvalue weighted by atomic mass is 9.99. The predicted octanol–water partition coefficient (Wildman–Crippen LogP) is 2.98. The smallest absolute Gasteiger partial charge is 0.333 e. The van der Waals surface area contributed by atoms with Crippen molar-refractivity contribution in [3.8, 4) is 0 Å². The molecular weight excluding hydrogens is 226 g/mol. The second kappa shape index (κ2) is 5.80. The molecule has 0 N–H and O–H groups in total. The summed E-state index contributed by atoms with van der Waals surface area (Å²) in [7, 11) is 0. The molecule has 1 aliphatic carbocycles. The molecule has 1 aromatic rings. The molecule has 0 saturated heterocycles. The topological polar surface area (TPSA) is 38.7 Å². The molecule has 1 aliphatic rings. The Morgan fingerprint density at radius 1 is 1.33 bits per heavy atom. The number of ether oxygens (including phenoxy) is 1. The highest BCUT2D eigenvalue weighted by Gasteiger charge is 2.41. The van der Waals surface area contributed by atoms with Crippen molar-refractivity contribution in [1.29, 1.82) is 0 Å². The molecule has 0 radical (unpaired) electrons. The van der Waals surface area contributed by atoms with Crippen molar-refractivity contribution < 1.29 is 9.53 Å². The van der Waals surface area contributed by atoms with Gasteiger partial charge in [-0.25, -0.2) is 4.79 Å². The number of benzene rings is 1. The fourth-order valence-electron chi connectivity index (χ4n) is 2.35. The van der Waals surface area contributed by atoms with Crippen LogP contribution in [0.3, 0.4) is 0 Å². The number of esters is 1. The Morgan fingerprint density at radius 2 is 2.00 bits per heavy atom. The van der Waals surface area contributed by atoms with E-state index < -0.39 is 5.54 Å². The van der Waals surface area contributed by atoms with Crippen LogP contribution >= 0.6 is 0 Å². The Bertz CT molecular complexity index is 419. The van der Waals surface area contributed by atoms with Crippen molar-refractivity contribution in [3.63, 3.8) is 0 Å². The summed E-state index contributed by atoms with van der Waals surface area (Å²) in [5, 5.41) is 0. The normalized spacial score (nSPS) is 18.1. The molecule has 0 heterocycles. The minimum absolute atomic E-state index is 0.172. The average molecular weight is 245 g/mol. The van der Waals surface area contributed by atoms with Gasteiger partial charge in [-0.3, -0.25) is 4.99 Å². The van der Waals surface area contributed by atoms with Gasteiger partial charge in [0.2, 0.25) is 0 Å². The fourth-order valence-corrected chi connectivity index (χ4v) is 2.35. The van der Waals surface area contributed by atoms with Crippen LogP contribution in [0, 0.1) is 0 Å². The molecule has 0 aliphatic heterocycles. The molecule has 0 bridgehead atoms. The van der Waals surface area contributed by atoms with Crippen molar-refractivity contribution in [3.05, 3.63) is 35.9 Å². The van der Waals surface area contributed by atoms with Crippen molar-refractivity contribution in [2.75, 3.05) is 6.61 Å². The number of carbonyl (C=O) groups excluding carboxylic acids is 1. The van der Waals surface area contributed by atoms with Gasteiger partial charge in [0.25, 0.3) is 0 Å². The van der Waals surface area contributed by atoms with E-state index in [-0.39, 0.29) is 5.97 Å². The van der Waals surface area contributed by atoms with E-state index in [4.69, 9.17) is 4.74 Å². The van der Waals surface area contributed by atoms with E-state index in [0.29, 0.717) is 6.61 Å². The number of rotatable bonds is 4. The van der Waals surface area contributed by atoms with E-state index >= 15 is 0 Å². The SMILES string of the molecule is CCOC(=O)C1(N=Cc2ccccc2)CCCC1. The molecule has 0 amide bonds. The molecule has 3 heteroatoms. The van der Waals surface area contributed by atoms with Gasteiger partial charge in [-0.1, -0.05) is 43.2 Å². The maximum atomic E-state index is 12.1. The maximum absolute atomic E-state index is 12.1. The lowest BCUT2D eigenvalue weighted by Crippen LogP contribution is -2.35. The number of aliphatic imine (C=N–C) groups is 1. The van der Waals surface area contributed by atoms with Crippen LogP contribution in [0.5, 0.6) is 0 Å². The first-order valence-electron chi connectivity index (χ1n) is 6.54. The van der Waals surface area contributed by atoms with Crippen molar-refractivity contribution in [1.82, 2.24) is 0 Å². The molecule has 0 spiro atoms. The Hall–Kier alpha value is -1.64. The summed E-state index contributed by atoms with van der Waals surface area (Å²) in [4.78, 5) is 16.6. The zero-order valence-electron chi connectivity index (χ0n) is 10.8.